The molecule has 332 valence electrons. The van der Waals surface area contributed by atoms with Crippen LogP contribution in [0, 0.1) is 23.7 Å². The number of hydrogen-bond acceptors (Lipinski definition) is 12. The van der Waals surface area contributed by atoms with Crippen LogP contribution in [0.2, 0.25) is 5.02 Å². The standard InChI is InChI=1S/C46H66ClN3O10/c1-10-27-12-11-13-35(60-38-15-14-34(49(5)6)24(3)56-38)23(2)42(52)33-21-30-29-19-28(59-46-45(55-9)44(54-8)43(53-7)25(4)57-46)20-32(29)41-40(39(30)31(33)22-37(51)58-27)48-36-18-26(47)16-17-50(36)41/h16-18,21,23-25,27-32,34-35,38-39,43-46H,10-15,19-20,22H2,1-9H3/t23-,24?,25?,27+,28+,29+,30+,31-,32-,34+,35+,38+,39-,43+,44?,45?,46+/m1/s1. The first-order valence-electron chi connectivity index (χ1n) is 22.3. The normalized spacial score (nSPS) is 41.2. The molecule has 13 nitrogen and oxygen atoms in total. The van der Waals surface area contributed by atoms with Crippen molar-refractivity contribution in [3.63, 3.8) is 0 Å². The topological polar surface area (TPSA) is 129 Å². The van der Waals surface area contributed by atoms with E-state index < -0.39 is 30.5 Å². The number of cyclic esters (lactones) is 1. The summed E-state index contributed by atoms with van der Waals surface area (Å²) in [6.45, 7) is 8.13. The van der Waals surface area contributed by atoms with Crippen LogP contribution in [0.4, 0.5) is 0 Å². The summed E-state index contributed by atoms with van der Waals surface area (Å²) in [5, 5.41) is 0.593. The largest absolute Gasteiger partial charge is 0.462 e. The summed E-state index contributed by atoms with van der Waals surface area (Å²) >= 11 is 6.57. The summed E-state index contributed by atoms with van der Waals surface area (Å²) in [5.74, 6) is -1.24. The summed E-state index contributed by atoms with van der Waals surface area (Å²) in [6.07, 6.45) is 6.99. The van der Waals surface area contributed by atoms with E-state index in [1.807, 2.05) is 32.2 Å². The predicted molar refractivity (Wildman–Crippen MR) is 224 cm³/mol. The second kappa shape index (κ2) is 18.3. The zero-order chi connectivity index (χ0) is 42.6. The molecule has 0 amide bonds. The molecule has 60 heavy (non-hydrogen) atoms. The van der Waals surface area contributed by atoms with Gasteiger partial charge in [-0.05, 0) is 103 Å². The fourth-order valence-electron chi connectivity index (χ4n) is 11.9. The average molecular weight is 856 g/mol. The number of Topliss-reactive ketones (excluding diaryl/α,β-unsaturated/α-hetero) is 1. The van der Waals surface area contributed by atoms with Gasteiger partial charge in [-0.3, -0.25) is 9.59 Å². The highest BCUT2D eigenvalue weighted by Crippen LogP contribution is 2.61. The number of nitrogens with zero attached hydrogens (tertiary/aromatic N) is 3. The zero-order valence-electron chi connectivity index (χ0n) is 36.8. The molecule has 2 aromatic heterocycles. The summed E-state index contributed by atoms with van der Waals surface area (Å²) < 4.78 is 52.6. The molecular weight excluding hydrogens is 790 g/mol. The molecule has 2 aromatic rings. The van der Waals surface area contributed by atoms with Gasteiger partial charge in [0.05, 0.1) is 36.5 Å². The molecule has 0 radical (unpaired) electrons. The maximum Gasteiger partial charge on any atom is 0.306 e. The van der Waals surface area contributed by atoms with Crippen LogP contribution in [0.25, 0.3) is 5.65 Å². The van der Waals surface area contributed by atoms with Crippen LogP contribution in [-0.2, 0) is 47.5 Å². The van der Waals surface area contributed by atoms with E-state index in [1.165, 1.54) is 0 Å². The minimum atomic E-state index is -0.676. The molecule has 0 aromatic carbocycles. The Bertz CT molecular complexity index is 1890. The Morgan fingerprint density at radius 1 is 0.917 bits per heavy atom. The molecule has 17 atom stereocenters. The Morgan fingerprint density at radius 2 is 1.68 bits per heavy atom. The van der Waals surface area contributed by atoms with Crippen molar-refractivity contribution < 1.29 is 47.5 Å². The number of pyridine rings is 1. The summed E-state index contributed by atoms with van der Waals surface area (Å²) in [4.78, 5) is 36.7. The van der Waals surface area contributed by atoms with Crippen LogP contribution >= 0.6 is 11.6 Å². The van der Waals surface area contributed by atoms with E-state index in [9.17, 15) is 4.79 Å². The van der Waals surface area contributed by atoms with E-state index in [2.05, 4.69) is 43.3 Å². The van der Waals surface area contributed by atoms with Gasteiger partial charge in [-0.1, -0.05) is 31.5 Å². The van der Waals surface area contributed by atoms with E-state index in [-0.39, 0.29) is 84.6 Å². The summed E-state index contributed by atoms with van der Waals surface area (Å²) in [6, 6.07) is 4.08. The van der Waals surface area contributed by atoms with Gasteiger partial charge in [0.15, 0.2) is 18.4 Å². The van der Waals surface area contributed by atoms with Gasteiger partial charge in [0.2, 0.25) is 0 Å². The van der Waals surface area contributed by atoms with Gasteiger partial charge in [0, 0.05) is 74.0 Å². The number of likely N-dealkylation sites (N-methyl/N-ethyl adjacent to an activating group) is 1. The third-order valence-corrected chi connectivity index (χ3v) is 15.1. The number of allylic oxidation sites excluding steroid dienone is 2. The highest BCUT2D eigenvalue weighted by atomic mass is 35.5. The Hall–Kier alpha value is -2.46. The Morgan fingerprint density at radius 3 is 2.38 bits per heavy atom. The van der Waals surface area contributed by atoms with E-state index in [4.69, 9.17) is 54.5 Å². The lowest BCUT2D eigenvalue weighted by molar-refractivity contribution is -0.314. The molecule has 0 spiro atoms. The quantitative estimate of drug-likeness (QED) is 0.244. The van der Waals surface area contributed by atoms with Gasteiger partial charge < -0.3 is 47.2 Å². The molecule has 14 heteroatoms. The van der Waals surface area contributed by atoms with Crippen LogP contribution in [0.15, 0.2) is 30.0 Å². The number of fused-ring (bicyclic) bond motifs is 10. The highest BCUT2D eigenvalue weighted by Gasteiger charge is 2.57. The molecule has 3 aliphatic heterocycles. The fourth-order valence-corrected chi connectivity index (χ4v) is 12.1. The van der Waals surface area contributed by atoms with Crippen LogP contribution in [0.5, 0.6) is 0 Å². The van der Waals surface area contributed by atoms with Crippen molar-refractivity contribution in [1.29, 1.82) is 0 Å². The lowest BCUT2D eigenvalue weighted by Crippen LogP contribution is -2.59. The average Bonchev–Trinajstić information content (AvgIpc) is 3.91. The molecule has 3 saturated heterocycles. The first kappa shape index (κ1) is 44.2. The first-order chi connectivity index (χ1) is 28.8. The van der Waals surface area contributed by atoms with Gasteiger partial charge in [-0.15, -0.1) is 0 Å². The Kier molecular flexibility index (Phi) is 13.5. The molecule has 0 N–H and O–H groups in total. The lowest BCUT2D eigenvalue weighted by atomic mass is 9.66. The SMILES string of the molecule is CC[C@H]1CCC[C@H](O[C@H]2CC[C@H](N(C)C)C(C)O2)[C@@H](C)C(=O)C2=C[C@H]3[C@@H]4C[C@H](O[C@@H]5OC(C)[C@H](OC)C(OC)C5OC)C[C@H]4c4c(nc5cc(Cl)ccn45)[C@H]3[C@@H]2CC(=O)O1. The van der Waals surface area contributed by atoms with E-state index in [0.29, 0.717) is 35.9 Å². The number of esters is 1. The second-order valence-electron chi connectivity index (χ2n) is 18.5. The van der Waals surface area contributed by atoms with Gasteiger partial charge >= 0.3 is 5.97 Å². The van der Waals surface area contributed by atoms with Crippen molar-refractivity contribution in [3.8, 4) is 0 Å². The minimum Gasteiger partial charge on any atom is -0.462 e. The van der Waals surface area contributed by atoms with Crippen molar-refractivity contribution in [1.82, 2.24) is 14.3 Å². The molecule has 4 unspecified atom stereocenters. The third kappa shape index (κ3) is 8.25. The van der Waals surface area contributed by atoms with Crippen molar-refractivity contribution in [2.24, 2.45) is 23.7 Å². The molecule has 1 saturated carbocycles. The molecular formula is C46H66ClN3O10. The number of hydrogen-bond donors (Lipinski definition) is 0. The lowest BCUT2D eigenvalue weighted by Gasteiger charge is -2.44. The third-order valence-electron chi connectivity index (χ3n) is 14.9. The van der Waals surface area contributed by atoms with Crippen LogP contribution in [0.1, 0.15) is 109 Å². The van der Waals surface area contributed by atoms with Crippen LogP contribution < -0.4 is 0 Å². The zero-order valence-corrected chi connectivity index (χ0v) is 37.5. The summed E-state index contributed by atoms with van der Waals surface area (Å²) in [5.41, 5.74) is 3.44. The van der Waals surface area contributed by atoms with Crippen LogP contribution in [-0.4, -0.2) is 129 Å². The van der Waals surface area contributed by atoms with Crippen molar-refractivity contribution in [2.45, 2.75) is 165 Å². The van der Waals surface area contributed by atoms with E-state index >= 15 is 4.79 Å². The smallest absolute Gasteiger partial charge is 0.306 e. The fraction of sp³-hybridized carbons (Fsp3) is 0.761. The second-order valence-corrected chi connectivity index (χ2v) is 18.9. The first-order valence-corrected chi connectivity index (χ1v) is 22.7. The number of imidazole rings is 1. The number of ketones is 1. The maximum absolute atomic E-state index is 15.2. The minimum absolute atomic E-state index is 0.00347. The van der Waals surface area contributed by atoms with Crippen molar-refractivity contribution in [2.75, 3.05) is 35.4 Å². The van der Waals surface area contributed by atoms with Crippen molar-refractivity contribution >= 4 is 29.0 Å². The number of carbonyl (C=O) groups excluding carboxylic acids is 2. The number of aromatic nitrogens is 2. The van der Waals surface area contributed by atoms with Gasteiger partial charge in [0.1, 0.15) is 30.1 Å². The molecule has 0 bridgehead atoms. The van der Waals surface area contributed by atoms with Gasteiger partial charge in [0.25, 0.3) is 0 Å². The Labute approximate surface area is 360 Å². The molecule has 6 aliphatic rings. The van der Waals surface area contributed by atoms with Gasteiger partial charge in [-0.25, -0.2) is 4.98 Å². The number of rotatable bonds is 9. The van der Waals surface area contributed by atoms with Gasteiger partial charge in [-0.2, -0.15) is 0 Å². The predicted octanol–water partition coefficient (Wildman–Crippen LogP) is 6.87. The monoisotopic (exact) mass is 855 g/mol. The van der Waals surface area contributed by atoms with Crippen molar-refractivity contribution in [3.05, 3.63) is 46.4 Å². The molecule has 4 fully saturated rings. The number of carbonyl (C=O) groups is 2. The highest BCUT2D eigenvalue weighted by molar-refractivity contribution is 6.30. The molecule has 8 rings (SSSR count). The number of methoxy groups -OCH3 is 3. The molecule has 5 heterocycles. The summed E-state index contributed by atoms with van der Waals surface area (Å²) in [7, 11) is 9.12. The van der Waals surface area contributed by atoms with Crippen LogP contribution in [0.3, 0.4) is 0 Å². The number of ether oxygens (including phenoxy) is 8. The maximum atomic E-state index is 15.2. The molecule has 3 aliphatic carbocycles. The van der Waals surface area contributed by atoms with E-state index in [0.717, 1.165) is 49.1 Å². The van der Waals surface area contributed by atoms with E-state index in [1.54, 1.807) is 21.3 Å². The number of halogens is 1. The Balaban J connectivity index is 1.14.